The second-order valence-electron chi connectivity index (χ2n) is 7.49. The standard InChI is InChI=1S/C23H24N4O2/c1-14(2)21(22-24-17-11-7-8-12-18(17)25-22)27-20(28)13-19-15(3)29-23(26-19)16-9-5-4-6-10-16/h4-12,14,21H,13H2,1-3H3,(H,24,25)(H,27,28). The van der Waals surface area contributed by atoms with Gasteiger partial charge in [-0.25, -0.2) is 9.97 Å². The number of hydrogen-bond donors (Lipinski definition) is 2. The van der Waals surface area contributed by atoms with Crippen molar-refractivity contribution in [2.24, 2.45) is 5.92 Å². The molecule has 2 heterocycles. The topological polar surface area (TPSA) is 83.8 Å². The van der Waals surface area contributed by atoms with Crippen molar-refractivity contribution < 1.29 is 9.21 Å². The number of aryl methyl sites for hydroxylation is 1. The highest BCUT2D eigenvalue weighted by Crippen LogP contribution is 2.24. The largest absolute Gasteiger partial charge is 0.441 e. The Morgan fingerprint density at radius 1 is 1.07 bits per heavy atom. The van der Waals surface area contributed by atoms with Crippen LogP contribution in [0.3, 0.4) is 0 Å². The molecule has 1 unspecified atom stereocenters. The molecule has 6 heteroatoms. The summed E-state index contributed by atoms with van der Waals surface area (Å²) >= 11 is 0. The van der Waals surface area contributed by atoms with Crippen molar-refractivity contribution in [1.29, 1.82) is 0 Å². The smallest absolute Gasteiger partial charge is 0.226 e. The Morgan fingerprint density at radius 3 is 2.52 bits per heavy atom. The Labute approximate surface area is 169 Å². The van der Waals surface area contributed by atoms with Gasteiger partial charge in [-0.05, 0) is 37.1 Å². The Hall–Kier alpha value is -3.41. The number of carbonyl (C=O) groups is 1. The maximum Gasteiger partial charge on any atom is 0.226 e. The van der Waals surface area contributed by atoms with E-state index in [4.69, 9.17) is 4.42 Å². The minimum atomic E-state index is -0.212. The molecule has 0 aliphatic heterocycles. The Balaban J connectivity index is 1.51. The van der Waals surface area contributed by atoms with Crippen LogP contribution in [0, 0.1) is 12.8 Å². The molecule has 4 aromatic rings. The summed E-state index contributed by atoms with van der Waals surface area (Å²) in [6.07, 6.45) is 0.158. The van der Waals surface area contributed by atoms with Crippen molar-refractivity contribution in [2.75, 3.05) is 0 Å². The maximum absolute atomic E-state index is 12.8. The van der Waals surface area contributed by atoms with Crippen LogP contribution in [0.15, 0.2) is 59.0 Å². The van der Waals surface area contributed by atoms with Gasteiger partial charge < -0.3 is 14.7 Å². The summed E-state index contributed by atoms with van der Waals surface area (Å²) < 4.78 is 5.77. The first-order valence-electron chi connectivity index (χ1n) is 9.77. The summed E-state index contributed by atoms with van der Waals surface area (Å²) in [6, 6.07) is 17.3. The summed E-state index contributed by atoms with van der Waals surface area (Å²) in [7, 11) is 0. The van der Waals surface area contributed by atoms with Crippen LogP contribution in [-0.2, 0) is 11.2 Å². The molecule has 4 rings (SSSR count). The molecule has 0 saturated heterocycles. The van der Waals surface area contributed by atoms with Crippen LogP contribution in [-0.4, -0.2) is 20.9 Å². The number of nitrogens with one attached hydrogen (secondary N) is 2. The van der Waals surface area contributed by atoms with Crippen molar-refractivity contribution in [3.05, 3.63) is 71.9 Å². The maximum atomic E-state index is 12.8. The number of fused-ring (bicyclic) bond motifs is 1. The summed E-state index contributed by atoms with van der Waals surface area (Å²) in [5.74, 6) is 2.02. The highest BCUT2D eigenvalue weighted by molar-refractivity contribution is 5.79. The third kappa shape index (κ3) is 4.06. The molecule has 0 fully saturated rings. The van der Waals surface area contributed by atoms with Crippen LogP contribution in [0.5, 0.6) is 0 Å². The lowest BCUT2D eigenvalue weighted by atomic mass is 10.0. The van der Waals surface area contributed by atoms with Gasteiger partial charge in [0.1, 0.15) is 11.6 Å². The number of oxazole rings is 1. The quantitative estimate of drug-likeness (QED) is 0.506. The molecular weight excluding hydrogens is 364 g/mol. The Kier molecular flexibility index (Phi) is 5.16. The first kappa shape index (κ1) is 18.9. The van der Waals surface area contributed by atoms with E-state index < -0.39 is 0 Å². The zero-order chi connectivity index (χ0) is 20.4. The summed E-state index contributed by atoms with van der Waals surface area (Å²) in [4.78, 5) is 25.3. The molecule has 2 aromatic carbocycles. The van der Waals surface area contributed by atoms with Gasteiger partial charge in [-0.15, -0.1) is 0 Å². The fraction of sp³-hybridized carbons (Fsp3) is 0.261. The molecule has 0 aliphatic carbocycles. The SMILES string of the molecule is Cc1oc(-c2ccccc2)nc1CC(=O)NC(c1nc2ccccc2[nH]1)C(C)C. The normalized spacial score (nSPS) is 12.4. The van der Waals surface area contributed by atoms with Gasteiger partial charge in [-0.3, -0.25) is 4.79 Å². The number of H-pyrrole nitrogens is 1. The number of carbonyl (C=O) groups excluding carboxylic acids is 1. The van der Waals surface area contributed by atoms with E-state index in [0.29, 0.717) is 17.3 Å². The van der Waals surface area contributed by atoms with Gasteiger partial charge in [0, 0.05) is 5.56 Å². The van der Waals surface area contributed by atoms with Crippen molar-refractivity contribution in [3.8, 4) is 11.5 Å². The van der Waals surface area contributed by atoms with E-state index in [1.807, 2.05) is 61.5 Å². The number of amides is 1. The molecule has 1 amide bonds. The van der Waals surface area contributed by atoms with E-state index >= 15 is 0 Å². The molecule has 0 bridgehead atoms. The summed E-state index contributed by atoms with van der Waals surface area (Å²) in [5, 5.41) is 3.10. The predicted molar refractivity (Wildman–Crippen MR) is 112 cm³/mol. The van der Waals surface area contributed by atoms with Gasteiger partial charge >= 0.3 is 0 Å². The van der Waals surface area contributed by atoms with E-state index in [2.05, 4.69) is 34.1 Å². The lowest BCUT2D eigenvalue weighted by molar-refractivity contribution is -0.121. The number of aromatic amines is 1. The number of para-hydroxylation sites is 2. The molecule has 148 valence electrons. The second-order valence-corrected chi connectivity index (χ2v) is 7.49. The molecule has 1 atom stereocenters. The predicted octanol–water partition coefficient (Wildman–Crippen LogP) is 4.58. The average molecular weight is 388 g/mol. The zero-order valence-corrected chi connectivity index (χ0v) is 16.8. The van der Waals surface area contributed by atoms with E-state index in [0.717, 1.165) is 22.4 Å². The lowest BCUT2D eigenvalue weighted by Gasteiger charge is -2.20. The van der Waals surface area contributed by atoms with Crippen LogP contribution in [0.4, 0.5) is 0 Å². The average Bonchev–Trinajstić information content (AvgIpc) is 3.30. The third-order valence-electron chi connectivity index (χ3n) is 4.93. The van der Waals surface area contributed by atoms with Gasteiger partial charge in [0.05, 0.1) is 29.2 Å². The molecular formula is C23H24N4O2. The van der Waals surface area contributed by atoms with E-state index in [-0.39, 0.29) is 24.3 Å². The van der Waals surface area contributed by atoms with E-state index in [1.165, 1.54) is 0 Å². The molecule has 2 N–H and O–H groups in total. The van der Waals surface area contributed by atoms with Gasteiger partial charge in [0.25, 0.3) is 0 Å². The van der Waals surface area contributed by atoms with Gasteiger partial charge in [0.15, 0.2) is 0 Å². The third-order valence-corrected chi connectivity index (χ3v) is 4.93. The van der Waals surface area contributed by atoms with Crippen LogP contribution in [0.1, 0.15) is 37.2 Å². The van der Waals surface area contributed by atoms with E-state index in [9.17, 15) is 4.79 Å². The zero-order valence-electron chi connectivity index (χ0n) is 16.8. The van der Waals surface area contributed by atoms with Gasteiger partial charge in [-0.1, -0.05) is 44.2 Å². The van der Waals surface area contributed by atoms with Crippen molar-refractivity contribution in [3.63, 3.8) is 0 Å². The first-order valence-corrected chi connectivity index (χ1v) is 9.77. The van der Waals surface area contributed by atoms with Crippen molar-refractivity contribution in [1.82, 2.24) is 20.3 Å². The highest BCUT2D eigenvalue weighted by Gasteiger charge is 2.23. The first-order chi connectivity index (χ1) is 14.0. The summed E-state index contributed by atoms with van der Waals surface area (Å²) in [5.41, 5.74) is 3.39. The van der Waals surface area contributed by atoms with Crippen LogP contribution >= 0.6 is 0 Å². The summed E-state index contributed by atoms with van der Waals surface area (Å²) in [6.45, 7) is 5.96. The van der Waals surface area contributed by atoms with Crippen LogP contribution < -0.4 is 5.32 Å². The minimum absolute atomic E-state index is 0.111. The number of rotatable bonds is 6. The highest BCUT2D eigenvalue weighted by atomic mass is 16.4. The monoisotopic (exact) mass is 388 g/mol. The number of benzene rings is 2. The Morgan fingerprint density at radius 2 is 1.79 bits per heavy atom. The molecule has 0 saturated carbocycles. The molecule has 0 radical (unpaired) electrons. The number of imidazole rings is 1. The molecule has 0 aliphatic rings. The number of aromatic nitrogens is 3. The van der Waals surface area contributed by atoms with Gasteiger partial charge in [-0.2, -0.15) is 0 Å². The van der Waals surface area contributed by atoms with E-state index in [1.54, 1.807) is 0 Å². The Bertz CT molecular complexity index is 1100. The molecule has 2 aromatic heterocycles. The van der Waals surface area contributed by atoms with Gasteiger partial charge in [0.2, 0.25) is 11.8 Å². The van der Waals surface area contributed by atoms with Crippen LogP contribution in [0.2, 0.25) is 0 Å². The second kappa shape index (κ2) is 7.91. The molecule has 6 nitrogen and oxygen atoms in total. The minimum Gasteiger partial charge on any atom is -0.441 e. The van der Waals surface area contributed by atoms with Crippen LogP contribution in [0.25, 0.3) is 22.5 Å². The number of nitrogens with zero attached hydrogens (tertiary/aromatic N) is 2. The lowest BCUT2D eigenvalue weighted by Crippen LogP contribution is -2.33. The fourth-order valence-corrected chi connectivity index (χ4v) is 3.34. The number of hydrogen-bond acceptors (Lipinski definition) is 4. The molecule has 0 spiro atoms. The fourth-order valence-electron chi connectivity index (χ4n) is 3.34. The molecule has 29 heavy (non-hydrogen) atoms. The van der Waals surface area contributed by atoms with Crippen molar-refractivity contribution in [2.45, 2.75) is 33.2 Å². The van der Waals surface area contributed by atoms with Crippen molar-refractivity contribution >= 4 is 16.9 Å².